The zero-order chi connectivity index (χ0) is 15.8. The third-order valence-corrected chi connectivity index (χ3v) is 3.71. The molecule has 2 aromatic carbocycles. The van der Waals surface area contributed by atoms with Crippen molar-refractivity contribution in [2.75, 3.05) is 18.4 Å². The Morgan fingerprint density at radius 1 is 1.09 bits per heavy atom. The molecule has 1 amide bonds. The summed E-state index contributed by atoms with van der Waals surface area (Å²) in [4.78, 5) is 14.2. The SMILES string of the molecule is CCN(Cc1ccccc1)C(=O)CCNc1ccc(Cl)cc1. The van der Waals surface area contributed by atoms with Gasteiger partial charge in [-0.15, -0.1) is 0 Å². The first-order chi connectivity index (χ1) is 10.7. The van der Waals surface area contributed by atoms with Crippen LogP contribution < -0.4 is 5.32 Å². The largest absolute Gasteiger partial charge is 0.385 e. The second-order valence-corrected chi connectivity index (χ2v) is 5.51. The van der Waals surface area contributed by atoms with Crippen LogP contribution in [0.15, 0.2) is 54.6 Å². The monoisotopic (exact) mass is 316 g/mol. The van der Waals surface area contributed by atoms with Crippen LogP contribution in [-0.4, -0.2) is 23.9 Å². The Bertz CT molecular complexity index is 584. The Morgan fingerprint density at radius 3 is 2.41 bits per heavy atom. The highest BCUT2D eigenvalue weighted by molar-refractivity contribution is 6.30. The van der Waals surface area contributed by atoms with Gasteiger partial charge in [0.05, 0.1) is 0 Å². The molecule has 0 aliphatic heterocycles. The van der Waals surface area contributed by atoms with E-state index in [9.17, 15) is 4.79 Å². The first-order valence-corrected chi connectivity index (χ1v) is 7.88. The second kappa shape index (κ2) is 8.44. The fourth-order valence-electron chi connectivity index (χ4n) is 2.22. The van der Waals surface area contributed by atoms with Gasteiger partial charge >= 0.3 is 0 Å². The molecule has 0 radical (unpaired) electrons. The van der Waals surface area contributed by atoms with E-state index in [1.807, 2.05) is 66.4 Å². The molecule has 22 heavy (non-hydrogen) atoms. The van der Waals surface area contributed by atoms with E-state index in [4.69, 9.17) is 11.6 Å². The molecule has 0 heterocycles. The molecule has 0 saturated carbocycles. The molecule has 0 saturated heterocycles. The van der Waals surface area contributed by atoms with Crippen molar-refractivity contribution in [1.29, 1.82) is 0 Å². The van der Waals surface area contributed by atoms with E-state index in [-0.39, 0.29) is 5.91 Å². The van der Waals surface area contributed by atoms with Crippen molar-refractivity contribution in [3.05, 3.63) is 65.2 Å². The Hall–Kier alpha value is -2.00. The maximum Gasteiger partial charge on any atom is 0.224 e. The number of nitrogens with one attached hydrogen (secondary N) is 1. The minimum absolute atomic E-state index is 0.160. The van der Waals surface area contributed by atoms with Crippen molar-refractivity contribution in [3.8, 4) is 0 Å². The van der Waals surface area contributed by atoms with Crippen LogP contribution in [-0.2, 0) is 11.3 Å². The van der Waals surface area contributed by atoms with Gasteiger partial charge in [-0.2, -0.15) is 0 Å². The molecule has 0 aromatic heterocycles. The van der Waals surface area contributed by atoms with Gasteiger partial charge in [0.1, 0.15) is 0 Å². The van der Waals surface area contributed by atoms with Gasteiger partial charge in [0.15, 0.2) is 0 Å². The maximum absolute atomic E-state index is 12.3. The smallest absolute Gasteiger partial charge is 0.224 e. The molecule has 0 atom stereocenters. The molecule has 0 spiro atoms. The van der Waals surface area contributed by atoms with Crippen LogP contribution in [0.4, 0.5) is 5.69 Å². The molecular weight excluding hydrogens is 296 g/mol. The van der Waals surface area contributed by atoms with E-state index < -0.39 is 0 Å². The Morgan fingerprint density at radius 2 is 1.77 bits per heavy atom. The number of benzene rings is 2. The predicted octanol–water partition coefficient (Wildman–Crippen LogP) is 4.19. The maximum atomic E-state index is 12.3. The van der Waals surface area contributed by atoms with E-state index in [0.717, 1.165) is 11.3 Å². The third-order valence-electron chi connectivity index (χ3n) is 3.46. The number of amides is 1. The standard InChI is InChI=1S/C18H21ClN2O/c1-2-21(14-15-6-4-3-5-7-15)18(22)12-13-20-17-10-8-16(19)9-11-17/h3-11,20H,2,12-14H2,1H3. The van der Waals surface area contributed by atoms with Gasteiger partial charge < -0.3 is 10.2 Å². The fraction of sp³-hybridized carbons (Fsp3) is 0.278. The lowest BCUT2D eigenvalue weighted by atomic mass is 10.2. The molecule has 2 aromatic rings. The van der Waals surface area contributed by atoms with Gasteiger partial charge in [0.2, 0.25) is 5.91 Å². The van der Waals surface area contributed by atoms with E-state index in [1.54, 1.807) is 0 Å². The van der Waals surface area contributed by atoms with Crippen molar-refractivity contribution in [2.45, 2.75) is 19.9 Å². The van der Waals surface area contributed by atoms with Gasteiger partial charge in [-0.1, -0.05) is 41.9 Å². The zero-order valence-corrected chi connectivity index (χ0v) is 13.5. The summed E-state index contributed by atoms with van der Waals surface area (Å²) in [6.07, 6.45) is 0.475. The summed E-state index contributed by atoms with van der Waals surface area (Å²) in [7, 11) is 0. The number of carbonyl (C=O) groups is 1. The highest BCUT2D eigenvalue weighted by atomic mass is 35.5. The van der Waals surface area contributed by atoms with E-state index in [1.165, 1.54) is 0 Å². The van der Waals surface area contributed by atoms with Gasteiger partial charge in [-0.3, -0.25) is 4.79 Å². The normalized spacial score (nSPS) is 10.3. The summed E-state index contributed by atoms with van der Waals surface area (Å²) >= 11 is 5.84. The van der Waals surface area contributed by atoms with Crippen molar-refractivity contribution >= 4 is 23.2 Å². The summed E-state index contributed by atoms with van der Waals surface area (Å²) in [6.45, 7) is 4.00. The fourth-order valence-corrected chi connectivity index (χ4v) is 2.35. The van der Waals surface area contributed by atoms with E-state index in [0.29, 0.717) is 31.1 Å². The summed E-state index contributed by atoms with van der Waals surface area (Å²) < 4.78 is 0. The molecule has 0 fully saturated rings. The highest BCUT2D eigenvalue weighted by Gasteiger charge is 2.11. The van der Waals surface area contributed by atoms with Gasteiger partial charge in [-0.05, 0) is 36.8 Å². The molecule has 116 valence electrons. The number of halogens is 1. The van der Waals surface area contributed by atoms with Crippen molar-refractivity contribution in [2.24, 2.45) is 0 Å². The van der Waals surface area contributed by atoms with Crippen molar-refractivity contribution in [3.63, 3.8) is 0 Å². The molecule has 1 N–H and O–H groups in total. The minimum Gasteiger partial charge on any atom is -0.385 e. The van der Waals surface area contributed by atoms with Crippen LogP contribution in [0.2, 0.25) is 5.02 Å². The van der Waals surface area contributed by atoms with E-state index >= 15 is 0 Å². The molecule has 4 heteroatoms. The van der Waals surface area contributed by atoms with Crippen LogP contribution >= 0.6 is 11.6 Å². The summed E-state index contributed by atoms with van der Waals surface area (Å²) in [5, 5.41) is 3.95. The number of hydrogen-bond acceptors (Lipinski definition) is 2. The van der Waals surface area contributed by atoms with Crippen LogP contribution in [0.25, 0.3) is 0 Å². The molecule has 3 nitrogen and oxygen atoms in total. The summed E-state index contributed by atoms with van der Waals surface area (Å²) in [6, 6.07) is 17.6. The van der Waals surface area contributed by atoms with E-state index in [2.05, 4.69) is 5.32 Å². The van der Waals surface area contributed by atoms with Crippen LogP contribution in [0.1, 0.15) is 18.9 Å². The lowest BCUT2D eigenvalue weighted by Crippen LogP contribution is -2.31. The van der Waals surface area contributed by atoms with Crippen LogP contribution in [0.5, 0.6) is 0 Å². The Kier molecular flexibility index (Phi) is 6.28. The zero-order valence-electron chi connectivity index (χ0n) is 12.8. The topological polar surface area (TPSA) is 32.3 Å². The quantitative estimate of drug-likeness (QED) is 0.830. The van der Waals surface area contributed by atoms with Crippen molar-refractivity contribution in [1.82, 2.24) is 4.90 Å². The second-order valence-electron chi connectivity index (χ2n) is 5.08. The van der Waals surface area contributed by atoms with Crippen molar-refractivity contribution < 1.29 is 4.79 Å². The molecule has 0 unspecified atom stereocenters. The third kappa shape index (κ3) is 5.08. The molecule has 0 bridgehead atoms. The number of anilines is 1. The highest BCUT2D eigenvalue weighted by Crippen LogP contribution is 2.13. The molecule has 0 aliphatic rings. The van der Waals surface area contributed by atoms with Gasteiger partial charge in [-0.25, -0.2) is 0 Å². The van der Waals surface area contributed by atoms with Gasteiger partial charge in [0.25, 0.3) is 0 Å². The van der Waals surface area contributed by atoms with Gasteiger partial charge in [0, 0.05) is 36.8 Å². The van der Waals surface area contributed by atoms with Crippen LogP contribution in [0.3, 0.4) is 0 Å². The summed E-state index contributed by atoms with van der Waals surface area (Å²) in [5.74, 6) is 0.160. The first kappa shape index (κ1) is 16.4. The Balaban J connectivity index is 1.80. The average molecular weight is 317 g/mol. The number of hydrogen-bond donors (Lipinski definition) is 1. The predicted molar refractivity (Wildman–Crippen MR) is 92.1 cm³/mol. The number of carbonyl (C=O) groups excluding carboxylic acids is 1. The number of rotatable bonds is 7. The summed E-state index contributed by atoms with van der Waals surface area (Å²) in [5.41, 5.74) is 2.13. The lowest BCUT2D eigenvalue weighted by molar-refractivity contribution is -0.131. The molecule has 2 rings (SSSR count). The first-order valence-electron chi connectivity index (χ1n) is 7.50. The molecule has 0 aliphatic carbocycles. The van der Waals surface area contributed by atoms with Crippen LogP contribution in [0, 0.1) is 0 Å². The number of nitrogens with zero attached hydrogens (tertiary/aromatic N) is 1. The average Bonchev–Trinajstić information content (AvgIpc) is 2.55. The molecular formula is C18H21ClN2O. The minimum atomic E-state index is 0.160. The lowest BCUT2D eigenvalue weighted by Gasteiger charge is -2.21. The Labute approximate surface area is 136 Å².